The van der Waals surface area contributed by atoms with Crippen LogP contribution in [-0.4, -0.2) is 29.9 Å². The van der Waals surface area contributed by atoms with Gasteiger partial charge in [-0.15, -0.1) is 0 Å². The lowest BCUT2D eigenvalue weighted by Gasteiger charge is -2.10. The van der Waals surface area contributed by atoms with Crippen molar-refractivity contribution in [2.24, 2.45) is 0 Å². The van der Waals surface area contributed by atoms with E-state index < -0.39 is 0 Å². The van der Waals surface area contributed by atoms with Gasteiger partial charge in [-0.05, 0) is 12.1 Å². The fraction of sp³-hybridized carbons (Fsp3) is 0. The Kier molecular flexibility index (Phi) is 6.31. The van der Waals surface area contributed by atoms with Crippen molar-refractivity contribution in [2.75, 3.05) is 0 Å². The van der Waals surface area contributed by atoms with E-state index in [4.69, 9.17) is 34.3 Å². The average Bonchev–Trinajstić information content (AvgIpc) is 3.53. The molecule has 0 atom stereocenters. The number of nitrogens with zero attached hydrogens (tertiary/aromatic N) is 6. The molecule has 9 aromatic rings. The van der Waals surface area contributed by atoms with Crippen molar-refractivity contribution in [3.8, 4) is 56.9 Å². The summed E-state index contributed by atoms with van der Waals surface area (Å²) in [5.41, 5.74) is 7.49. The predicted octanol–water partition coefficient (Wildman–Crippen LogP) is 9.44. The smallest absolute Gasteiger partial charge is 0.164 e. The van der Waals surface area contributed by atoms with Crippen molar-refractivity contribution in [3.05, 3.63) is 146 Å². The molecular weight excluding hydrogens is 580 g/mol. The molecule has 0 aliphatic carbocycles. The zero-order valence-corrected chi connectivity index (χ0v) is 24.9. The van der Waals surface area contributed by atoms with E-state index in [2.05, 4.69) is 0 Å². The molecular formula is C40H24N6O. The highest BCUT2D eigenvalue weighted by Gasteiger charge is 2.16. The molecule has 7 heteroatoms. The molecule has 0 radical (unpaired) electrons. The second kappa shape index (κ2) is 11.1. The lowest BCUT2D eigenvalue weighted by atomic mass is 10.1. The molecule has 7 nitrogen and oxygen atoms in total. The fourth-order valence-corrected chi connectivity index (χ4v) is 5.86. The van der Waals surface area contributed by atoms with Crippen molar-refractivity contribution >= 4 is 32.8 Å². The number of hydrogen-bond donors (Lipinski definition) is 0. The third-order valence-electron chi connectivity index (χ3n) is 8.21. The first-order chi connectivity index (χ1) is 23.3. The first-order valence-corrected chi connectivity index (χ1v) is 15.3. The minimum atomic E-state index is 0.590. The van der Waals surface area contributed by atoms with Crippen LogP contribution in [0.15, 0.2) is 150 Å². The number of furan rings is 1. The van der Waals surface area contributed by atoms with Crippen LogP contribution < -0.4 is 0 Å². The average molecular weight is 605 g/mol. The van der Waals surface area contributed by atoms with Gasteiger partial charge in [0.05, 0.1) is 11.2 Å². The summed E-state index contributed by atoms with van der Waals surface area (Å²) in [5, 5.41) is 2.94. The van der Waals surface area contributed by atoms with E-state index in [0.717, 1.165) is 66.5 Å². The number of para-hydroxylation sites is 2. The van der Waals surface area contributed by atoms with E-state index in [1.54, 1.807) is 0 Å². The second-order valence-electron chi connectivity index (χ2n) is 11.2. The van der Waals surface area contributed by atoms with Gasteiger partial charge in [-0.1, -0.05) is 121 Å². The van der Waals surface area contributed by atoms with Crippen LogP contribution in [0.3, 0.4) is 0 Å². The maximum atomic E-state index is 6.17. The van der Waals surface area contributed by atoms with Gasteiger partial charge in [-0.2, -0.15) is 0 Å². The van der Waals surface area contributed by atoms with Crippen LogP contribution in [0, 0.1) is 0 Å². The normalized spacial score (nSPS) is 11.4. The molecule has 0 spiro atoms. The molecule has 0 N–H and O–H groups in total. The van der Waals surface area contributed by atoms with Crippen LogP contribution in [0.1, 0.15) is 0 Å². The number of rotatable bonds is 5. The molecule has 0 bridgehead atoms. The van der Waals surface area contributed by atoms with Crippen LogP contribution in [0.4, 0.5) is 0 Å². The zero-order valence-electron chi connectivity index (χ0n) is 24.9. The van der Waals surface area contributed by atoms with Crippen LogP contribution >= 0.6 is 0 Å². The largest absolute Gasteiger partial charge is 0.456 e. The Balaban J connectivity index is 1.13. The van der Waals surface area contributed by atoms with E-state index >= 15 is 0 Å². The van der Waals surface area contributed by atoms with Gasteiger partial charge in [-0.3, -0.25) is 4.98 Å². The minimum Gasteiger partial charge on any atom is -0.456 e. The molecule has 0 fully saturated rings. The lowest BCUT2D eigenvalue weighted by Crippen LogP contribution is -2.00. The SMILES string of the molecule is c1ccc(-c2nc(-c3ccccc3)nc(-c3ccc(-c4nc(-c5cc6oc7ccccc7c6cn5)c5ccccc5n4)cc3)n2)cc1. The Morgan fingerprint density at radius 2 is 0.894 bits per heavy atom. The Bertz CT molecular complexity index is 2510. The summed E-state index contributed by atoms with van der Waals surface area (Å²) < 4.78 is 6.17. The molecule has 0 saturated heterocycles. The molecule has 4 heterocycles. The molecule has 4 aromatic heterocycles. The van der Waals surface area contributed by atoms with Crippen molar-refractivity contribution in [3.63, 3.8) is 0 Å². The summed E-state index contributed by atoms with van der Waals surface area (Å²) in [6.07, 6.45) is 1.87. The summed E-state index contributed by atoms with van der Waals surface area (Å²) in [6, 6.07) is 45.9. The first kappa shape index (κ1) is 26.8. The molecule has 0 amide bonds. The highest BCUT2D eigenvalue weighted by atomic mass is 16.3. The van der Waals surface area contributed by atoms with Gasteiger partial charge in [0.2, 0.25) is 0 Å². The van der Waals surface area contributed by atoms with Crippen molar-refractivity contribution in [1.29, 1.82) is 0 Å². The van der Waals surface area contributed by atoms with Gasteiger partial charge in [0.1, 0.15) is 16.9 Å². The fourth-order valence-electron chi connectivity index (χ4n) is 5.86. The molecule has 0 saturated carbocycles. The standard InChI is InChI=1S/C40H24N6O/c1-3-11-25(12-4-1)38-44-39(26-13-5-2-6-14-26)46-40(45-38)28-21-19-27(20-22-28)37-42-32-17-9-7-16-30(32)36(43-37)33-23-35-31(24-41-33)29-15-8-10-18-34(29)47-35/h1-24H. The molecule has 0 aliphatic heterocycles. The van der Waals surface area contributed by atoms with E-state index in [1.807, 2.05) is 146 Å². The third-order valence-corrected chi connectivity index (χ3v) is 8.21. The minimum absolute atomic E-state index is 0.590. The number of pyridine rings is 1. The Labute approximate surface area is 269 Å². The van der Waals surface area contributed by atoms with E-state index in [0.29, 0.717) is 23.3 Å². The topological polar surface area (TPSA) is 90.5 Å². The summed E-state index contributed by atoms with van der Waals surface area (Å²) in [6.45, 7) is 0. The third kappa shape index (κ3) is 4.87. The van der Waals surface area contributed by atoms with Crippen LogP contribution in [-0.2, 0) is 0 Å². The van der Waals surface area contributed by atoms with Gasteiger partial charge < -0.3 is 4.42 Å². The maximum absolute atomic E-state index is 6.17. The highest BCUT2D eigenvalue weighted by molar-refractivity contribution is 6.05. The number of fused-ring (bicyclic) bond motifs is 4. The lowest BCUT2D eigenvalue weighted by molar-refractivity contribution is 0.668. The van der Waals surface area contributed by atoms with Crippen LogP contribution in [0.25, 0.3) is 89.8 Å². The van der Waals surface area contributed by atoms with Gasteiger partial charge in [0.25, 0.3) is 0 Å². The van der Waals surface area contributed by atoms with Gasteiger partial charge in [-0.25, -0.2) is 24.9 Å². The Morgan fingerprint density at radius 3 is 1.53 bits per heavy atom. The number of aromatic nitrogens is 6. The Morgan fingerprint density at radius 1 is 0.383 bits per heavy atom. The summed E-state index contributed by atoms with van der Waals surface area (Å²) in [7, 11) is 0. The molecule has 0 aliphatic rings. The van der Waals surface area contributed by atoms with Crippen LogP contribution in [0.5, 0.6) is 0 Å². The first-order valence-electron chi connectivity index (χ1n) is 15.3. The molecule has 220 valence electrons. The molecule has 9 rings (SSSR count). The zero-order chi connectivity index (χ0) is 31.2. The van der Waals surface area contributed by atoms with Crippen molar-refractivity contribution in [1.82, 2.24) is 29.9 Å². The summed E-state index contributed by atoms with van der Waals surface area (Å²) in [4.78, 5) is 29.4. The number of hydrogen-bond acceptors (Lipinski definition) is 7. The van der Waals surface area contributed by atoms with Gasteiger partial charge in [0, 0.05) is 50.7 Å². The van der Waals surface area contributed by atoms with Gasteiger partial charge in [0.15, 0.2) is 23.3 Å². The summed E-state index contributed by atoms with van der Waals surface area (Å²) in [5.74, 6) is 2.43. The van der Waals surface area contributed by atoms with Crippen molar-refractivity contribution < 1.29 is 4.42 Å². The highest BCUT2D eigenvalue weighted by Crippen LogP contribution is 2.34. The van der Waals surface area contributed by atoms with E-state index in [9.17, 15) is 0 Å². The maximum Gasteiger partial charge on any atom is 0.164 e. The van der Waals surface area contributed by atoms with Gasteiger partial charge >= 0.3 is 0 Å². The molecule has 0 unspecified atom stereocenters. The van der Waals surface area contributed by atoms with E-state index in [-0.39, 0.29) is 0 Å². The molecule has 47 heavy (non-hydrogen) atoms. The Hall–Kier alpha value is -6.60. The molecule has 5 aromatic carbocycles. The predicted molar refractivity (Wildman–Crippen MR) is 185 cm³/mol. The van der Waals surface area contributed by atoms with Crippen molar-refractivity contribution in [2.45, 2.75) is 0 Å². The quantitative estimate of drug-likeness (QED) is 0.193. The monoisotopic (exact) mass is 604 g/mol. The van der Waals surface area contributed by atoms with Crippen LogP contribution in [0.2, 0.25) is 0 Å². The number of benzene rings is 5. The second-order valence-corrected chi connectivity index (χ2v) is 11.2. The summed E-state index contributed by atoms with van der Waals surface area (Å²) >= 11 is 0. The van der Waals surface area contributed by atoms with E-state index in [1.165, 1.54) is 0 Å².